The van der Waals surface area contributed by atoms with Gasteiger partial charge in [-0.05, 0) is 62.4 Å². The fraction of sp³-hybridized carbons (Fsp3) is 0.579. The lowest BCUT2D eigenvalue weighted by Crippen LogP contribution is -2.34. The molecule has 1 aromatic rings. The van der Waals surface area contributed by atoms with Crippen LogP contribution in [0.1, 0.15) is 42.1 Å². The number of nitrogens with one attached hydrogen (secondary N) is 3. The molecule has 0 aliphatic carbocycles. The van der Waals surface area contributed by atoms with Crippen molar-refractivity contribution in [3.05, 3.63) is 29.3 Å². The molecule has 1 heterocycles. The Kier molecular flexibility index (Phi) is 7.24. The molecule has 0 aromatic heterocycles. The molecule has 27 heavy (non-hydrogen) atoms. The fourth-order valence-corrected chi connectivity index (χ4v) is 3.21. The van der Waals surface area contributed by atoms with E-state index in [2.05, 4.69) is 10.6 Å². The number of alkyl halides is 3. The molecule has 0 spiro atoms. The third kappa shape index (κ3) is 6.86. The first kappa shape index (κ1) is 21.2. The summed E-state index contributed by atoms with van der Waals surface area (Å²) in [4.78, 5) is 24.3. The van der Waals surface area contributed by atoms with Crippen molar-refractivity contribution in [2.45, 2.75) is 39.3 Å². The quantitative estimate of drug-likeness (QED) is 0.704. The molecule has 8 heteroatoms. The van der Waals surface area contributed by atoms with Crippen molar-refractivity contribution in [3.63, 3.8) is 0 Å². The predicted octanol–water partition coefficient (Wildman–Crippen LogP) is 3.25. The van der Waals surface area contributed by atoms with Crippen molar-refractivity contribution in [2.24, 2.45) is 11.8 Å². The van der Waals surface area contributed by atoms with E-state index in [1.54, 1.807) is 13.0 Å². The molecule has 0 radical (unpaired) electrons. The van der Waals surface area contributed by atoms with E-state index in [0.717, 1.165) is 31.5 Å². The van der Waals surface area contributed by atoms with E-state index >= 15 is 0 Å². The predicted molar refractivity (Wildman–Crippen MR) is 97.6 cm³/mol. The zero-order valence-corrected chi connectivity index (χ0v) is 15.6. The van der Waals surface area contributed by atoms with E-state index in [9.17, 15) is 22.8 Å². The molecule has 1 aromatic carbocycles. The standard InChI is InChI=1S/C19H26F3N3O2/c1-12-5-6-14(18(27)24-11-19(20,21)22)9-16(12)25-17(26)8-13(2)15-4-3-7-23-10-15/h5-6,9,13,15,23H,3-4,7-8,10-11H2,1-2H3,(H,24,27)(H,25,26). The van der Waals surface area contributed by atoms with Gasteiger partial charge in [0, 0.05) is 17.7 Å². The number of halogens is 3. The maximum Gasteiger partial charge on any atom is 0.405 e. The minimum absolute atomic E-state index is 0.0738. The Bertz CT molecular complexity index is 671. The van der Waals surface area contributed by atoms with Crippen LogP contribution in [0.4, 0.5) is 18.9 Å². The highest BCUT2D eigenvalue weighted by Gasteiger charge is 2.28. The average molecular weight is 385 g/mol. The van der Waals surface area contributed by atoms with Crippen LogP contribution < -0.4 is 16.0 Å². The summed E-state index contributed by atoms with van der Waals surface area (Å²) in [5, 5.41) is 7.95. The number of rotatable bonds is 6. The summed E-state index contributed by atoms with van der Waals surface area (Å²) < 4.78 is 36.7. The largest absolute Gasteiger partial charge is 0.405 e. The van der Waals surface area contributed by atoms with Crippen molar-refractivity contribution in [3.8, 4) is 0 Å². The van der Waals surface area contributed by atoms with E-state index in [0.29, 0.717) is 18.0 Å². The number of piperidine rings is 1. The summed E-state index contributed by atoms with van der Waals surface area (Å²) in [6, 6.07) is 4.45. The molecule has 2 rings (SSSR count). The Morgan fingerprint density at radius 2 is 2.07 bits per heavy atom. The van der Waals surface area contributed by atoms with Crippen molar-refractivity contribution < 1.29 is 22.8 Å². The van der Waals surface area contributed by atoms with Gasteiger partial charge in [-0.15, -0.1) is 0 Å². The maximum absolute atomic E-state index is 12.4. The first-order valence-corrected chi connectivity index (χ1v) is 9.12. The Morgan fingerprint density at radius 1 is 1.33 bits per heavy atom. The number of aryl methyl sites for hydroxylation is 1. The molecular formula is C19H26F3N3O2. The van der Waals surface area contributed by atoms with E-state index in [1.807, 2.05) is 12.2 Å². The summed E-state index contributed by atoms with van der Waals surface area (Å²) in [5.41, 5.74) is 1.25. The highest BCUT2D eigenvalue weighted by atomic mass is 19.4. The number of hydrogen-bond acceptors (Lipinski definition) is 3. The van der Waals surface area contributed by atoms with Gasteiger partial charge >= 0.3 is 6.18 Å². The average Bonchev–Trinajstić information content (AvgIpc) is 2.61. The van der Waals surface area contributed by atoms with Gasteiger partial charge in [0.15, 0.2) is 0 Å². The first-order chi connectivity index (χ1) is 12.7. The van der Waals surface area contributed by atoms with Crippen LogP contribution in [-0.2, 0) is 4.79 Å². The Hall–Kier alpha value is -2.09. The third-order valence-electron chi connectivity index (χ3n) is 4.87. The van der Waals surface area contributed by atoms with Gasteiger partial charge < -0.3 is 16.0 Å². The number of amides is 2. The van der Waals surface area contributed by atoms with Crippen LogP contribution in [0.25, 0.3) is 0 Å². The monoisotopic (exact) mass is 385 g/mol. The van der Waals surface area contributed by atoms with Crippen molar-refractivity contribution in [2.75, 3.05) is 25.0 Å². The second-order valence-electron chi connectivity index (χ2n) is 7.16. The van der Waals surface area contributed by atoms with Gasteiger partial charge in [0.1, 0.15) is 6.54 Å². The highest BCUT2D eigenvalue weighted by molar-refractivity contribution is 5.97. The summed E-state index contributed by atoms with van der Waals surface area (Å²) in [5.74, 6) is -0.324. The molecule has 1 saturated heterocycles. The molecule has 5 nitrogen and oxygen atoms in total. The first-order valence-electron chi connectivity index (χ1n) is 9.12. The second-order valence-corrected chi connectivity index (χ2v) is 7.16. The highest BCUT2D eigenvalue weighted by Crippen LogP contribution is 2.24. The molecule has 2 amide bonds. The molecule has 1 aliphatic rings. The topological polar surface area (TPSA) is 70.2 Å². The molecule has 150 valence electrons. The van der Waals surface area contributed by atoms with Crippen LogP contribution in [0.15, 0.2) is 18.2 Å². The molecule has 1 fully saturated rings. The van der Waals surface area contributed by atoms with Crippen LogP contribution >= 0.6 is 0 Å². The van der Waals surface area contributed by atoms with E-state index < -0.39 is 18.6 Å². The van der Waals surface area contributed by atoms with Gasteiger partial charge in [0.05, 0.1) is 0 Å². The van der Waals surface area contributed by atoms with Crippen LogP contribution in [0, 0.1) is 18.8 Å². The lowest BCUT2D eigenvalue weighted by atomic mass is 9.85. The second kappa shape index (κ2) is 9.21. The fourth-order valence-electron chi connectivity index (χ4n) is 3.21. The minimum Gasteiger partial charge on any atom is -0.343 e. The smallest absolute Gasteiger partial charge is 0.343 e. The summed E-state index contributed by atoms with van der Waals surface area (Å²) in [7, 11) is 0. The lowest BCUT2D eigenvalue weighted by molar-refractivity contribution is -0.123. The molecule has 1 aliphatic heterocycles. The molecule has 0 bridgehead atoms. The number of hydrogen-bond donors (Lipinski definition) is 3. The Morgan fingerprint density at radius 3 is 2.70 bits per heavy atom. The maximum atomic E-state index is 12.4. The van der Waals surface area contributed by atoms with Gasteiger partial charge in [0.25, 0.3) is 5.91 Å². The SMILES string of the molecule is Cc1ccc(C(=O)NCC(F)(F)F)cc1NC(=O)CC(C)C1CCCNC1. The van der Waals surface area contributed by atoms with Crippen molar-refractivity contribution in [1.29, 1.82) is 0 Å². The molecular weight excluding hydrogens is 359 g/mol. The van der Waals surface area contributed by atoms with Crippen LogP contribution in [-0.4, -0.2) is 37.6 Å². The molecule has 2 atom stereocenters. The Balaban J connectivity index is 1.96. The van der Waals surface area contributed by atoms with Gasteiger partial charge in [0.2, 0.25) is 5.91 Å². The number of carbonyl (C=O) groups is 2. The third-order valence-corrected chi connectivity index (χ3v) is 4.87. The van der Waals surface area contributed by atoms with Crippen LogP contribution in [0.3, 0.4) is 0 Å². The Labute approximate surface area is 157 Å². The zero-order valence-electron chi connectivity index (χ0n) is 15.6. The van der Waals surface area contributed by atoms with Crippen LogP contribution in [0.2, 0.25) is 0 Å². The van der Waals surface area contributed by atoms with Crippen LogP contribution in [0.5, 0.6) is 0 Å². The van der Waals surface area contributed by atoms with Gasteiger partial charge in [-0.1, -0.05) is 13.0 Å². The van der Waals surface area contributed by atoms with Crippen molar-refractivity contribution in [1.82, 2.24) is 10.6 Å². The molecule has 3 N–H and O–H groups in total. The number of benzene rings is 1. The van der Waals surface area contributed by atoms with Gasteiger partial charge in [-0.25, -0.2) is 0 Å². The van der Waals surface area contributed by atoms with Gasteiger partial charge in [-0.2, -0.15) is 13.2 Å². The van der Waals surface area contributed by atoms with E-state index in [-0.39, 0.29) is 17.4 Å². The summed E-state index contributed by atoms with van der Waals surface area (Å²) >= 11 is 0. The number of anilines is 1. The lowest BCUT2D eigenvalue weighted by Gasteiger charge is -2.28. The van der Waals surface area contributed by atoms with Crippen molar-refractivity contribution >= 4 is 17.5 Å². The molecule has 2 unspecified atom stereocenters. The summed E-state index contributed by atoms with van der Waals surface area (Å²) in [6.07, 6.45) is -1.92. The summed E-state index contributed by atoms with van der Waals surface area (Å²) in [6.45, 7) is 4.33. The normalized spacial score (nSPS) is 18.6. The number of carbonyl (C=O) groups excluding carboxylic acids is 2. The minimum atomic E-state index is -4.47. The molecule has 0 saturated carbocycles. The van der Waals surface area contributed by atoms with Gasteiger partial charge in [-0.3, -0.25) is 9.59 Å². The zero-order chi connectivity index (χ0) is 20.0. The van der Waals surface area contributed by atoms with E-state index in [1.165, 1.54) is 12.1 Å². The van der Waals surface area contributed by atoms with E-state index in [4.69, 9.17) is 0 Å².